The Labute approximate surface area is 126 Å². The predicted molar refractivity (Wildman–Crippen MR) is 84.1 cm³/mol. The number of hydrogen-bond donors (Lipinski definition) is 2. The molecule has 1 aliphatic rings. The zero-order valence-electron chi connectivity index (χ0n) is 13.1. The molecule has 21 heavy (non-hydrogen) atoms. The van der Waals surface area contributed by atoms with Crippen molar-refractivity contribution >= 4 is 17.5 Å². The van der Waals surface area contributed by atoms with Crippen molar-refractivity contribution in [3.05, 3.63) is 11.9 Å². The number of nitrogens with zero attached hydrogens (tertiary/aromatic N) is 3. The molecule has 1 saturated heterocycles. The average Bonchev–Trinajstić information content (AvgIpc) is 2.44. The third-order valence-corrected chi connectivity index (χ3v) is 3.55. The smallest absolute Gasteiger partial charge is 0.241 e. The lowest BCUT2D eigenvalue weighted by atomic mass is 9.96. The first-order valence-corrected chi connectivity index (χ1v) is 7.53. The van der Waals surface area contributed by atoms with Gasteiger partial charge >= 0.3 is 0 Å². The molecule has 0 aromatic carbocycles. The van der Waals surface area contributed by atoms with E-state index in [9.17, 15) is 4.79 Å². The number of amides is 1. The summed E-state index contributed by atoms with van der Waals surface area (Å²) in [5.74, 6) is 1.82. The van der Waals surface area contributed by atoms with Crippen molar-refractivity contribution in [2.45, 2.75) is 45.4 Å². The molecular weight excluding hydrogens is 266 g/mol. The summed E-state index contributed by atoms with van der Waals surface area (Å²) in [6, 6.07) is 1.67. The van der Waals surface area contributed by atoms with Crippen molar-refractivity contribution in [1.29, 1.82) is 0 Å². The van der Waals surface area contributed by atoms with Gasteiger partial charge in [-0.25, -0.2) is 9.97 Å². The molecule has 0 unspecified atom stereocenters. The number of carbonyl (C=O) groups is 1. The summed E-state index contributed by atoms with van der Waals surface area (Å²) in [5.41, 5.74) is 5.64. The van der Waals surface area contributed by atoms with Crippen LogP contribution in [0.2, 0.25) is 0 Å². The normalized spacial score (nSPS) is 15.9. The van der Waals surface area contributed by atoms with Gasteiger partial charge in [-0.05, 0) is 19.3 Å². The van der Waals surface area contributed by atoms with Crippen LogP contribution in [0.1, 0.15) is 45.9 Å². The highest BCUT2D eigenvalue weighted by molar-refractivity contribution is 5.80. The van der Waals surface area contributed by atoms with E-state index >= 15 is 0 Å². The lowest BCUT2D eigenvalue weighted by Gasteiger charge is -2.27. The number of likely N-dealkylation sites (tertiary alicyclic amines) is 1. The van der Waals surface area contributed by atoms with Gasteiger partial charge in [-0.3, -0.25) is 4.79 Å². The second-order valence-electron chi connectivity index (χ2n) is 6.55. The number of nitrogens with two attached hydrogens (primary N) is 1. The molecule has 2 rings (SSSR count). The molecule has 6 heteroatoms. The van der Waals surface area contributed by atoms with Crippen LogP contribution in [0.3, 0.4) is 0 Å². The second kappa shape index (κ2) is 6.28. The lowest BCUT2D eigenvalue weighted by Crippen LogP contribution is -2.39. The van der Waals surface area contributed by atoms with Gasteiger partial charge in [0.05, 0.1) is 6.54 Å². The van der Waals surface area contributed by atoms with Gasteiger partial charge < -0.3 is 16.0 Å². The van der Waals surface area contributed by atoms with Gasteiger partial charge in [0.15, 0.2) is 0 Å². The lowest BCUT2D eigenvalue weighted by molar-refractivity contribution is -0.130. The Bertz CT molecular complexity index is 503. The number of anilines is 2. The molecule has 0 spiro atoms. The third-order valence-electron chi connectivity index (χ3n) is 3.55. The van der Waals surface area contributed by atoms with Crippen molar-refractivity contribution in [2.75, 3.05) is 30.7 Å². The fraction of sp³-hybridized carbons (Fsp3) is 0.667. The van der Waals surface area contributed by atoms with Crippen LogP contribution in [0.5, 0.6) is 0 Å². The summed E-state index contributed by atoms with van der Waals surface area (Å²) in [5, 5.41) is 3.07. The van der Waals surface area contributed by atoms with Crippen LogP contribution in [-0.4, -0.2) is 40.4 Å². The molecule has 0 atom stereocenters. The van der Waals surface area contributed by atoms with Crippen LogP contribution in [0.15, 0.2) is 6.07 Å². The van der Waals surface area contributed by atoms with E-state index in [0.29, 0.717) is 17.5 Å². The van der Waals surface area contributed by atoms with Crippen LogP contribution >= 0.6 is 0 Å². The Morgan fingerprint density at radius 3 is 2.57 bits per heavy atom. The fourth-order valence-electron chi connectivity index (χ4n) is 2.31. The number of carbonyl (C=O) groups excluding carboxylic acids is 1. The molecule has 1 fully saturated rings. The van der Waals surface area contributed by atoms with E-state index < -0.39 is 0 Å². The van der Waals surface area contributed by atoms with Gasteiger partial charge in [-0.2, -0.15) is 0 Å². The molecule has 1 aliphatic heterocycles. The van der Waals surface area contributed by atoms with Crippen LogP contribution in [0.25, 0.3) is 0 Å². The van der Waals surface area contributed by atoms with E-state index in [2.05, 4.69) is 15.3 Å². The summed E-state index contributed by atoms with van der Waals surface area (Å²) >= 11 is 0. The van der Waals surface area contributed by atoms with Gasteiger partial charge in [0, 0.05) is 24.6 Å². The zero-order valence-corrected chi connectivity index (χ0v) is 13.1. The molecule has 1 aromatic heterocycles. The maximum atomic E-state index is 12.1. The fourth-order valence-corrected chi connectivity index (χ4v) is 2.31. The first-order chi connectivity index (χ1) is 9.86. The van der Waals surface area contributed by atoms with Crippen LogP contribution < -0.4 is 11.1 Å². The molecule has 0 aliphatic carbocycles. The summed E-state index contributed by atoms with van der Waals surface area (Å²) < 4.78 is 0. The predicted octanol–water partition coefficient (Wildman–Crippen LogP) is 1.78. The van der Waals surface area contributed by atoms with E-state index in [1.165, 1.54) is 6.42 Å². The van der Waals surface area contributed by atoms with Gasteiger partial charge in [-0.15, -0.1) is 0 Å². The number of nitrogens with one attached hydrogen (secondary N) is 1. The van der Waals surface area contributed by atoms with Crippen molar-refractivity contribution in [1.82, 2.24) is 14.9 Å². The molecule has 1 aromatic rings. The Hall–Kier alpha value is -1.85. The molecule has 3 N–H and O–H groups in total. The summed E-state index contributed by atoms with van der Waals surface area (Å²) in [7, 11) is 0. The zero-order chi connectivity index (χ0) is 15.5. The maximum absolute atomic E-state index is 12.1. The van der Waals surface area contributed by atoms with Crippen molar-refractivity contribution in [3.8, 4) is 0 Å². The summed E-state index contributed by atoms with van der Waals surface area (Å²) in [6.07, 6.45) is 3.41. The topological polar surface area (TPSA) is 84.1 Å². The van der Waals surface area contributed by atoms with Gasteiger partial charge in [-0.1, -0.05) is 20.8 Å². The molecular formula is C15H25N5O. The Balaban J connectivity index is 1.99. The first kappa shape index (κ1) is 15.5. The van der Waals surface area contributed by atoms with Crippen LogP contribution in [0, 0.1) is 0 Å². The number of aromatic nitrogens is 2. The van der Waals surface area contributed by atoms with Crippen molar-refractivity contribution < 1.29 is 4.79 Å². The van der Waals surface area contributed by atoms with E-state index in [-0.39, 0.29) is 17.9 Å². The number of piperidine rings is 1. The van der Waals surface area contributed by atoms with Gasteiger partial charge in [0.2, 0.25) is 5.91 Å². The van der Waals surface area contributed by atoms with Crippen molar-refractivity contribution in [3.63, 3.8) is 0 Å². The molecule has 116 valence electrons. The first-order valence-electron chi connectivity index (χ1n) is 7.53. The highest BCUT2D eigenvalue weighted by atomic mass is 16.2. The third kappa shape index (κ3) is 4.31. The molecule has 0 saturated carbocycles. The minimum atomic E-state index is -0.178. The molecule has 0 bridgehead atoms. The summed E-state index contributed by atoms with van der Waals surface area (Å²) in [6.45, 7) is 8.07. The quantitative estimate of drug-likeness (QED) is 0.887. The minimum absolute atomic E-state index is 0.115. The van der Waals surface area contributed by atoms with E-state index in [1.807, 2.05) is 25.7 Å². The minimum Gasteiger partial charge on any atom is -0.384 e. The molecule has 1 amide bonds. The highest BCUT2D eigenvalue weighted by Gasteiger charge is 2.20. The average molecular weight is 291 g/mol. The second-order valence-corrected chi connectivity index (χ2v) is 6.55. The monoisotopic (exact) mass is 291 g/mol. The van der Waals surface area contributed by atoms with Crippen molar-refractivity contribution in [2.24, 2.45) is 0 Å². The molecule has 2 heterocycles. The van der Waals surface area contributed by atoms with Gasteiger partial charge in [0.1, 0.15) is 17.5 Å². The van der Waals surface area contributed by atoms with Crippen LogP contribution in [-0.2, 0) is 10.2 Å². The van der Waals surface area contributed by atoms with E-state index in [1.54, 1.807) is 6.07 Å². The van der Waals surface area contributed by atoms with E-state index in [0.717, 1.165) is 25.9 Å². The highest BCUT2D eigenvalue weighted by Crippen LogP contribution is 2.21. The molecule has 6 nitrogen and oxygen atoms in total. The van der Waals surface area contributed by atoms with Gasteiger partial charge in [0.25, 0.3) is 0 Å². The number of hydrogen-bond acceptors (Lipinski definition) is 5. The SMILES string of the molecule is CC(C)(C)c1nc(N)cc(NCC(=O)N2CCCCC2)n1. The maximum Gasteiger partial charge on any atom is 0.241 e. The van der Waals surface area contributed by atoms with Crippen LogP contribution in [0.4, 0.5) is 11.6 Å². The Morgan fingerprint density at radius 2 is 1.95 bits per heavy atom. The molecule has 0 radical (unpaired) electrons. The Morgan fingerprint density at radius 1 is 1.29 bits per heavy atom. The van der Waals surface area contributed by atoms with E-state index in [4.69, 9.17) is 5.73 Å². The largest absolute Gasteiger partial charge is 0.384 e. The number of rotatable bonds is 3. The summed E-state index contributed by atoms with van der Waals surface area (Å²) in [4.78, 5) is 22.7. The standard InChI is InChI=1S/C15H25N5O/c1-15(2,3)14-18-11(16)9-12(19-14)17-10-13(21)20-7-5-4-6-8-20/h9H,4-8,10H2,1-3H3,(H3,16,17,18,19). The Kier molecular flexibility index (Phi) is 4.65. The number of nitrogen functional groups attached to an aromatic ring is 1.